The molecule has 9 aromatic rings. The zero-order chi connectivity index (χ0) is 52.2. The molecule has 19 heteroatoms. The van der Waals surface area contributed by atoms with Crippen LogP contribution in [0.1, 0.15) is 20.7 Å². The second-order valence-corrected chi connectivity index (χ2v) is 27.2. The number of thiophene rings is 1. The number of alkyl halides is 3. The van der Waals surface area contributed by atoms with Gasteiger partial charge in [-0.3, -0.25) is 0 Å². The lowest BCUT2D eigenvalue weighted by molar-refractivity contribution is -0.255. The smallest absolute Gasteiger partial charge is 0.426 e. The summed E-state index contributed by atoms with van der Waals surface area (Å²) in [7, 11) is -5.17. The minimum absolute atomic E-state index is 0.0146. The maximum atomic E-state index is 12.7. The average Bonchev–Trinajstić information content (AvgIpc) is 3.69. The summed E-state index contributed by atoms with van der Waals surface area (Å²) in [6.07, 6.45) is -8.16. The summed E-state index contributed by atoms with van der Waals surface area (Å²) in [5, 5.41) is 13.4. The number of benzene rings is 8. The van der Waals surface area contributed by atoms with Gasteiger partial charge in [-0.25, -0.2) is 13.2 Å². The molecule has 72 heavy (non-hydrogen) atoms. The molecule has 0 aliphatic rings. The van der Waals surface area contributed by atoms with E-state index in [0.29, 0.717) is 10.7 Å². The predicted molar refractivity (Wildman–Crippen MR) is 330 cm³/mol. The van der Waals surface area contributed by atoms with Crippen molar-refractivity contribution in [2.45, 2.75) is 27.0 Å². The van der Waals surface area contributed by atoms with Gasteiger partial charge in [-0.15, -0.1) is 0 Å². The zero-order valence-electron chi connectivity index (χ0n) is 36.7. The van der Waals surface area contributed by atoms with Crippen molar-refractivity contribution in [2.24, 2.45) is 0 Å². The van der Waals surface area contributed by atoms with E-state index >= 15 is 0 Å². The normalized spacial score (nSPS) is 11.6. The molecule has 0 fully saturated rings. The van der Waals surface area contributed by atoms with Crippen LogP contribution in [0.3, 0.4) is 0 Å². The van der Waals surface area contributed by atoms with Gasteiger partial charge in [-0.1, -0.05) is 97.1 Å². The van der Waals surface area contributed by atoms with Crippen molar-refractivity contribution in [3.05, 3.63) is 227 Å². The van der Waals surface area contributed by atoms with Crippen molar-refractivity contribution in [2.75, 3.05) is 5.75 Å². The Bertz CT molecular complexity index is 3260. The summed E-state index contributed by atoms with van der Waals surface area (Å²) in [6.45, 7) is 0. The van der Waals surface area contributed by atoms with Crippen LogP contribution in [-0.4, -0.2) is 42.9 Å². The third-order valence-corrected chi connectivity index (χ3v) is 22.4. The van der Waals surface area contributed by atoms with Gasteiger partial charge in [0.1, 0.15) is 0 Å². The average molecular weight is 1700 g/mol. The van der Waals surface area contributed by atoms with Crippen molar-refractivity contribution in [1.29, 1.82) is 0 Å². The molecule has 1 aromatic heterocycles. The van der Waals surface area contributed by atoms with E-state index in [4.69, 9.17) is 0 Å². The van der Waals surface area contributed by atoms with Crippen LogP contribution >= 0.6 is 146 Å². The van der Waals surface area contributed by atoms with Crippen molar-refractivity contribution >= 4 is 199 Å². The van der Waals surface area contributed by atoms with Gasteiger partial charge in [0.2, 0.25) is 6.10 Å². The maximum Gasteiger partial charge on any atom is 0.426 e. The van der Waals surface area contributed by atoms with Crippen LogP contribution in [0.2, 0.25) is 0 Å². The second kappa shape index (κ2) is 27.4. The molecule has 0 N–H and O–H groups in total. The van der Waals surface area contributed by atoms with Gasteiger partial charge in [-0.05, 0) is 233 Å². The molecule has 0 saturated heterocycles. The van der Waals surface area contributed by atoms with Gasteiger partial charge < -0.3 is 19.2 Å². The molecule has 1 unspecified atom stereocenters. The minimum atomic E-state index is -5.21. The van der Waals surface area contributed by atoms with Crippen molar-refractivity contribution < 1.29 is 45.6 Å². The molecular weight excluding hydrogens is 1660 g/mol. The molecule has 0 bridgehead atoms. The quantitative estimate of drug-likeness (QED) is 0.0463. The summed E-state index contributed by atoms with van der Waals surface area (Å²) >= 11 is 11.7. The summed E-state index contributed by atoms with van der Waals surface area (Å²) in [5.74, 6) is -4.32. The number of carbonyl (C=O) groups is 2. The molecule has 0 aliphatic carbocycles. The van der Waals surface area contributed by atoms with Crippen LogP contribution in [0.25, 0.3) is 25.1 Å². The van der Waals surface area contributed by atoms with Crippen molar-refractivity contribution in [1.82, 2.24) is 0 Å². The van der Waals surface area contributed by atoms with Crippen molar-refractivity contribution in [3.8, 4) is 4.90 Å². The molecule has 1 atom stereocenters. The summed E-state index contributed by atoms with van der Waals surface area (Å²) in [5.41, 5.74) is 0.140. The first kappa shape index (κ1) is 58.6. The molecule has 0 spiro atoms. The number of fused-ring (bicyclic) bond motifs is 3. The Balaban J connectivity index is 0.000000160. The number of hydrogen-bond acceptors (Lipinski definition) is 7. The molecule has 370 valence electrons. The fraction of sp³-hybridized carbons (Fsp3) is 0.0566. The number of carboxylic acids is 1. The van der Waals surface area contributed by atoms with Gasteiger partial charge in [0.05, 0.1) is 38.3 Å². The number of rotatable bonds is 9. The highest BCUT2D eigenvalue weighted by Crippen LogP contribution is 2.48. The van der Waals surface area contributed by atoms with E-state index in [1.165, 1.54) is 45.8 Å². The van der Waals surface area contributed by atoms with E-state index in [2.05, 4.69) is 220 Å². The maximum absolute atomic E-state index is 12.7. The molecular formula is C53H35F3I6O7S3. The Kier molecular flexibility index (Phi) is 22.3. The number of carboxylic acid groups (broad SMARTS) is 1. The van der Waals surface area contributed by atoms with Gasteiger partial charge in [-0.2, -0.15) is 13.2 Å². The highest BCUT2D eigenvalue weighted by Gasteiger charge is 2.44. The van der Waals surface area contributed by atoms with E-state index in [9.17, 15) is 40.8 Å². The van der Waals surface area contributed by atoms with Crippen LogP contribution in [0, 0.1) is 21.4 Å². The van der Waals surface area contributed by atoms with Crippen LogP contribution in [0.4, 0.5) is 13.2 Å². The van der Waals surface area contributed by atoms with E-state index in [-0.39, 0.29) is 32.5 Å². The Morgan fingerprint density at radius 1 is 0.556 bits per heavy atom. The Hall–Kier alpha value is -2.65. The molecule has 0 aliphatic heterocycles. The molecule has 1 heterocycles. The molecule has 0 radical (unpaired) electrons. The fourth-order valence-electron chi connectivity index (χ4n) is 6.72. The monoisotopic (exact) mass is 1700 g/mol. The zero-order valence-corrected chi connectivity index (χ0v) is 52.1. The highest BCUT2D eigenvalue weighted by atomic mass is 127. The lowest BCUT2D eigenvalue weighted by atomic mass is 10.2. The fourth-order valence-corrected chi connectivity index (χ4v) is 16.6. The number of hydrogen-bond donors (Lipinski definition) is 0. The number of aromatic carboxylic acids is 1. The molecule has 7 nitrogen and oxygen atoms in total. The summed E-state index contributed by atoms with van der Waals surface area (Å²) < 4.78 is 81.0. The van der Waals surface area contributed by atoms with E-state index < -0.39 is 40.1 Å². The molecule has 8 aromatic carbocycles. The number of ether oxygens (including phenoxy) is 1. The van der Waals surface area contributed by atoms with Gasteiger partial charge in [0, 0.05) is 48.2 Å². The van der Waals surface area contributed by atoms with Crippen molar-refractivity contribution in [3.63, 3.8) is 0 Å². The Labute approximate surface area is 502 Å². The van der Waals surface area contributed by atoms with E-state index in [1.807, 2.05) is 73.8 Å². The molecule has 9 rings (SSSR count). The number of esters is 1. The first-order valence-corrected chi connectivity index (χ1v) is 31.3. The largest absolute Gasteiger partial charge is 0.748 e. The Morgan fingerprint density at radius 3 is 1.31 bits per heavy atom. The van der Waals surface area contributed by atoms with Gasteiger partial charge in [0.25, 0.3) is 0 Å². The number of halogens is 9. The highest BCUT2D eigenvalue weighted by molar-refractivity contribution is 14.1. The molecule has 0 saturated carbocycles. The van der Waals surface area contributed by atoms with E-state index in [0.717, 1.165) is 10.7 Å². The third-order valence-electron chi connectivity index (χ3n) is 9.82. The topological polar surface area (TPSA) is 124 Å². The lowest BCUT2D eigenvalue weighted by Crippen LogP contribution is -2.39. The van der Waals surface area contributed by atoms with Gasteiger partial charge in [0.15, 0.2) is 29.0 Å². The van der Waals surface area contributed by atoms with Crippen LogP contribution < -0.4 is 5.11 Å². The predicted octanol–water partition coefficient (Wildman–Crippen LogP) is 15.5. The van der Waals surface area contributed by atoms with Crippen LogP contribution in [0.5, 0.6) is 0 Å². The second-order valence-electron chi connectivity index (χ2n) is 14.8. The first-order valence-electron chi connectivity index (χ1n) is 20.8. The van der Waals surface area contributed by atoms with Crippen LogP contribution in [0.15, 0.2) is 209 Å². The SMILES string of the molecule is O=C(OC(CS(=O)(=O)[O-])C(F)(F)F)c1cc(I)cc(I)c1I.O=C([O-])c1cc(I)cc(I)c1I.c1ccc(-[s+]2c3ccccc3c3ccccc32)cc1.c1ccc([S+](c2ccccc2)c2ccccc2)cc1. The number of carbonyl (C=O) groups excluding carboxylic acids is 2. The first-order chi connectivity index (χ1) is 34.2. The lowest BCUT2D eigenvalue weighted by Gasteiger charge is -2.22. The summed E-state index contributed by atoms with van der Waals surface area (Å²) in [6, 6.07) is 67.1. The van der Waals surface area contributed by atoms with Crippen LogP contribution in [-0.2, 0) is 25.7 Å². The van der Waals surface area contributed by atoms with E-state index in [1.54, 1.807) is 34.7 Å². The minimum Gasteiger partial charge on any atom is -0.748 e. The standard InChI is InChI=1S/C18H13S.C18H15S.C10H6F3I3O5S.C7H3I3O2/c1-2-8-14(9-3-1)19-17-12-6-4-10-15(17)16-11-5-7-13-18(16)19;1-4-10-16(11-5-1)19(17-12-6-2-7-13-17)18-14-8-3-9-15-18;11-10(12,13)7(3-22(18,19)20)21-9(17)5-1-4(14)2-6(15)8(5)16;8-3-1-4(7(11)12)6(10)5(9)2-3/h1-13H;1-15H;1-2,7H,3H2,(H,18,19,20);1-2H,(H,11,12)/q2*+1;;/p-2. The third kappa shape index (κ3) is 16.4. The Morgan fingerprint density at radius 2 is 0.917 bits per heavy atom. The van der Waals surface area contributed by atoms with Gasteiger partial charge >= 0.3 is 12.1 Å². The summed E-state index contributed by atoms with van der Waals surface area (Å²) in [4.78, 5) is 28.0. The molecule has 0 amide bonds.